The van der Waals surface area contributed by atoms with E-state index in [-0.39, 0.29) is 22.2 Å². The Hall–Kier alpha value is -4.09. The summed E-state index contributed by atoms with van der Waals surface area (Å²) < 4.78 is 48.3. The van der Waals surface area contributed by atoms with E-state index < -0.39 is 21.3 Å². The molecule has 1 fully saturated rings. The molecule has 11 heteroatoms. The van der Waals surface area contributed by atoms with E-state index in [2.05, 4.69) is 19.6 Å². The van der Waals surface area contributed by atoms with E-state index in [1.54, 1.807) is 12.3 Å². The molecule has 0 bridgehead atoms. The molecular formula is C30H30FN5O4S. The predicted octanol–water partition coefficient (Wildman–Crippen LogP) is 4.23. The van der Waals surface area contributed by atoms with Crippen molar-refractivity contribution in [1.29, 1.82) is 0 Å². The van der Waals surface area contributed by atoms with Gasteiger partial charge in [0.1, 0.15) is 17.3 Å². The number of carbonyl (C=O) groups excluding carboxylic acids is 1. The van der Waals surface area contributed by atoms with Crippen LogP contribution < -0.4 is 14.4 Å². The number of likely N-dealkylation sites (N-methyl/N-ethyl adjacent to an activating group) is 1. The number of pyridine rings is 2. The van der Waals surface area contributed by atoms with Crippen LogP contribution in [-0.2, 0) is 20.2 Å². The van der Waals surface area contributed by atoms with Crippen molar-refractivity contribution < 1.29 is 22.3 Å². The molecule has 2 aromatic carbocycles. The maximum atomic E-state index is 13.5. The fraction of sp³-hybridized carbons (Fsp3) is 0.300. The number of rotatable bonds is 9. The first-order valence-electron chi connectivity index (χ1n) is 13.3. The quantitative estimate of drug-likeness (QED) is 0.296. The molecule has 1 N–H and O–H groups in total. The lowest BCUT2D eigenvalue weighted by Gasteiger charge is -2.16. The van der Waals surface area contributed by atoms with Crippen molar-refractivity contribution in [3.8, 4) is 17.0 Å². The molecule has 1 spiro atoms. The monoisotopic (exact) mass is 575 g/mol. The summed E-state index contributed by atoms with van der Waals surface area (Å²) in [6.45, 7) is 1.78. The number of nitrogens with one attached hydrogen (secondary N) is 1. The van der Waals surface area contributed by atoms with Crippen LogP contribution in [0.3, 0.4) is 0 Å². The number of ketones is 1. The van der Waals surface area contributed by atoms with Crippen molar-refractivity contribution in [3.05, 3.63) is 72.3 Å². The average molecular weight is 576 g/mol. The minimum absolute atomic E-state index is 0.0845. The molecule has 0 radical (unpaired) electrons. The smallest absolute Gasteiger partial charge is 0.262 e. The normalized spacial score (nSPS) is 17.9. The molecule has 1 aliphatic heterocycles. The number of anilines is 2. The second-order valence-corrected chi connectivity index (χ2v) is 12.6. The summed E-state index contributed by atoms with van der Waals surface area (Å²) >= 11 is 0. The maximum Gasteiger partial charge on any atom is 0.262 e. The van der Waals surface area contributed by atoms with Crippen LogP contribution in [0.5, 0.6) is 5.88 Å². The van der Waals surface area contributed by atoms with Gasteiger partial charge < -0.3 is 14.5 Å². The Morgan fingerprint density at radius 1 is 1.07 bits per heavy atom. The number of halogens is 1. The van der Waals surface area contributed by atoms with Crippen molar-refractivity contribution in [2.45, 2.75) is 23.2 Å². The number of nitrogens with zero attached hydrogens (tertiary/aromatic N) is 4. The number of hydrogen-bond donors (Lipinski definition) is 1. The molecule has 2 aromatic heterocycles. The molecule has 0 amide bonds. The summed E-state index contributed by atoms with van der Waals surface area (Å²) in [5.41, 5.74) is 3.87. The van der Waals surface area contributed by atoms with Crippen LogP contribution in [0.1, 0.15) is 18.4 Å². The Balaban J connectivity index is 1.39. The van der Waals surface area contributed by atoms with Crippen LogP contribution in [0.25, 0.3) is 22.0 Å². The van der Waals surface area contributed by atoms with Crippen molar-refractivity contribution in [2.24, 2.45) is 0 Å². The van der Waals surface area contributed by atoms with Gasteiger partial charge in [0.2, 0.25) is 5.88 Å². The zero-order chi connectivity index (χ0) is 28.9. The van der Waals surface area contributed by atoms with E-state index in [9.17, 15) is 17.6 Å². The maximum absolute atomic E-state index is 13.5. The molecule has 2 aliphatic rings. The first-order valence-corrected chi connectivity index (χ1v) is 14.8. The Morgan fingerprint density at radius 2 is 1.83 bits per heavy atom. The van der Waals surface area contributed by atoms with E-state index in [0.717, 1.165) is 52.8 Å². The number of sulfonamides is 1. The second kappa shape index (κ2) is 10.1. The molecule has 1 aliphatic carbocycles. The Bertz CT molecular complexity index is 1780. The number of benzene rings is 2. The summed E-state index contributed by atoms with van der Waals surface area (Å²) in [4.78, 5) is 25.7. The highest BCUT2D eigenvalue weighted by Gasteiger charge is 2.60. The number of ether oxygens (including phenoxy) is 1. The summed E-state index contributed by atoms with van der Waals surface area (Å²) in [7, 11) is 1.84. The minimum atomic E-state index is -4.06. The molecule has 6 rings (SSSR count). The van der Waals surface area contributed by atoms with Gasteiger partial charge in [0, 0.05) is 49.3 Å². The number of hydrogen-bond acceptors (Lipinski definition) is 8. The van der Waals surface area contributed by atoms with Gasteiger partial charge in [0.15, 0.2) is 0 Å². The zero-order valence-corrected chi connectivity index (χ0v) is 23.8. The largest absolute Gasteiger partial charge is 0.476 e. The fourth-order valence-corrected chi connectivity index (χ4v) is 6.54. The lowest BCUT2D eigenvalue weighted by atomic mass is 9.93. The summed E-state index contributed by atoms with van der Waals surface area (Å²) in [5.74, 6) is -0.155. The third-order valence-corrected chi connectivity index (χ3v) is 9.04. The van der Waals surface area contributed by atoms with Crippen molar-refractivity contribution >= 4 is 38.1 Å². The molecule has 9 nitrogen and oxygen atoms in total. The molecule has 3 heterocycles. The van der Waals surface area contributed by atoms with Gasteiger partial charge in [-0.15, -0.1) is 0 Å². The highest BCUT2D eigenvalue weighted by Crippen LogP contribution is 2.55. The topological polar surface area (TPSA) is 105 Å². The standard InChI is InChI=1S/C30H30FN5O4S/c1-35(2)11-4-12-40-29-25(34-41(38,39)22-8-6-21(31)7-9-22)14-20(16-33-29)19-5-10-24-23(13-19)28-26(17-32-24)36(3)18-30(28)15-27(30)37/h5-10,13-14,16-17,34H,4,11-12,15,18H2,1-3H3. The van der Waals surface area contributed by atoms with Crippen molar-refractivity contribution in [1.82, 2.24) is 14.9 Å². The van der Waals surface area contributed by atoms with E-state index in [4.69, 9.17) is 4.74 Å². The van der Waals surface area contributed by atoms with Crippen molar-refractivity contribution in [3.63, 3.8) is 0 Å². The van der Waals surface area contributed by atoms with Gasteiger partial charge >= 0.3 is 0 Å². The van der Waals surface area contributed by atoms with Gasteiger partial charge in [-0.05, 0) is 68.5 Å². The predicted molar refractivity (Wildman–Crippen MR) is 155 cm³/mol. The summed E-state index contributed by atoms with van der Waals surface area (Å²) in [6.07, 6.45) is 4.70. The first-order chi connectivity index (χ1) is 19.6. The molecule has 212 valence electrons. The summed E-state index contributed by atoms with van der Waals surface area (Å²) in [5, 5.41) is 0.896. The second-order valence-electron chi connectivity index (χ2n) is 10.9. The van der Waals surface area contributed by atoms with Gasteiger partial charge in [-0.2, -0.15) is 0 Å². The van der Waals surface area contributed by atoms with Crippen LogP contribution in [0.4, 0.5) is 15.8 Å². The number of fused-ring (bicyclic) bond motifs is 4. The molecule has 0 saturated heterocycles. The van der Waals surface area contributed by atoms with Crippen LogP contribution in [-0.4, -0.2) is 69.9 Å². The lowest BCUT2D eigenvalue weighted by molar-refractivity contribution is -0.111. The molecule has 1 unspecified atom stereocenters. The Kier molecular flexibility index (Phi) is 6.66. The van der Waals surface area contributed by atoms with Gasteiger partial charge in [-0.1, -0.05) is 6.07 Å². The van der Waals surface area contributed by atoms with E-state index in [0.29, 0.717) is 25.1 Å². The molecule has 41 heavy (non-hydrogen) atoms. The van der Waals surface area contributed by atoms with Crippen LogP contribution in [0.2, 0.25) is 0 Å². The number of Topliss-reactive ketones (excluding diaryl/α,β-unsaturated/α-hetero) is 1. The Labute approximate surface area is 238 Å². The highest BCUT2D eigenvalue weighted by molar-refractivity contribution is 7.92. The fourth-order valence-electron chi connectivity index (χ4n) is 5.49. The molecule has 4 aromatic rings. The van der Waals surface area contributed by atoms with Crippen LogP contribution in [0, 0.1) is 5.82 Å². The lowest BCUT2D eigenvalue weighted by Crippen LogP contribution is -2.20. The highest BCUT2D eigenvalue weighted by atomic mass is 32.2. The average Bonchev–Trinajstić information content (AvgIpc) is 3.48. The molecular weight excluding hydrogens is 545 g/mol. The van der Waals surface area contributed by atoms with Gasteiger partial charge in [0.25, 0.3) is 10.0 Å². The third-order valence-electron chi connectivity index (χ3n) is 7.66. The third kappa shape index (κ3) is 5.00. The van der Waals surface area contributed by atoms with Gasteiger partial charge in [-0.3, -0.25) is 14.5 Å². The SMILES string of the molecule is CN(C)CCCOc1ncc(-c2ccc3ncc4c(c3c2)C2(CC2=O)CN4C)cc1NS(=O)(=O)c1ccc(F)cc1. The number of carbonyl (C=O) groups is 1. The van der Waals surface area contributed by atoms with E-state index in [1.807, 2.05) is 50.4 Å². The zero-order valence-electron chi connectivity index (χ0n) is 23.0. The first kappa shape index (κ1) is 27.1. The van der Waals surface area contributed by atoms with Crippen molar-refractivity contribution in [2.75, 3.05) is 50.5 Å². The molecule has 1 saturated carbocycles. The van der Waals surface area contributed by atoms with Gasteiger partial charge in [0.05, 0.1) is 34.3 Å². The Morgan fingerprint density at radius 3 is 2.54 bits per heavy atom. The van der Waals surface area contributed by atoms with Crippen LogP contribution >= 0.6 is 0 Å². The minimum Gasteiger partial charge on any atom is -0.476 e. The van der Waals surface area contributed by atoms with E-state index in [1.165, 1.54) is 12.1 Å². The number of aromatic nitrogens is 2. The van der Waals surface area contributed by atoms with E-state index >= 15 is 0 Å². The summed E-state index contributed by atoms with van der Waals surface area (Å²) in [6, 6.07) is 12.1. The van der Waals surface area contributed by atoms with Crippen LogP contribution in [0.15, 0.2) is 65.8 Å². The molecule has 1 atom stereocenters. The van der Waals surface area contributed by atoms with Gasteiger partial charge in [-0.25, -0.2) is 17.8 Å².